The number of nitrogens with one attached hydrogen (secondary N) is 2. The summed E-state index contributed by atoms with van der Waals surface area (Å²) in [7, 11) is 0. The van der Waals surface area contributed by atoms with E-state index in [4.69, 9.17) is 0 Å². The molecule has 1 aliphatic carbocycles. The number of aromatic nitrogens is 3. The van der Waals surface area contributed by atoms with Gasteiger partial charge in [0.15, 0.2) is 5.82 Å². The van der Waals surface area contributed by atoms with E-state index in [0.717, 1.165) is 17.7 Å². The summed E-state index contributed by atoms with van der Waals surface area (Å²) in [5, 5.41) is 23.5. The highest BCUT2D eigenvalue weighted by atomic mass is 16.3. The van der Waals surface area contributed by atoms with E-state index >= 15 is 0 Å². The molecule has 2 aromatic rings. The summed E-state index contributed by atoms with van der Waals surface area (Å²) in [6, 6.07) is 7.05. The van der Waals surface area contributed by atoms with Crippen molar-refractivity contribution in [1.29, 1.82) is 0 Å². The molecule has 0 spiro atoms. The van der Waals surface area contributed by atoms with Crippen molar-refractivity contribution in [3.8, 4) is 0 Å². The fraction of sp³-hybridized carbons (Fsp3) is 0.400. The quantitative estimate of drug-likeness (QED) is 0.777. The number of hydrogen-bond acceptors (Lipinski definition) is 4. The smallest absolute Gasteiger partial charge is 0.315 e. The maximum Gasteiger partial charge on any atom is 0.315 e. The van der Waals surface area contributed by atoms with Crippen molar-refractivity contribution in [3.05, 3.63) is 47.5 Å². The molecule has 0 unspecified atom stereocenters. The van der Waals surface area contributed by atoms with Gasteiger partial charge in [-0.2, -0.15) is 0 Å². The van der Waals surface area contributed by atoms with E-state index in [0.29, 0.717) is 18.8 Å². The SMILES string of the molecule is CCn1cnnc1CNC(=O)N[C@H]1c2ccccc2C[C@H]1O. The minimum atomic E-state index is -0.595. The summed E-state index contributed by atoms with van der Waals surface area (Å²) in [6.07, 6.45) is 1.60. The van der Waals surface area contributed by atoms with E-state index in [1.165, 1.54) is 0 Å². The molecular formula is C15H19N5O2. The Bertz CT molecular complexity index is 669. The Morgan fingerprint density at radius 3 is 3.09 bits per heavy atom. The van der Waals surface area contributed by atoms with Crippen LogP contribution in [0.4, 0.5) is 4.79 Å². The lowest BCUT2D eigenvalue weighted by Gasteiger charge is -2.18. The van der Waals surface area contributed by atoms with Crippen LogP contribution in [0.25, 0.3) is 0 Å². The maximum absolute atomic E-state index is 12.1. The second-order valence-corrected chi connectivity index (χ2v) is 5.31. The molecule has 3 N–H and O–H groups in total. The molecule has 1 heterocycles. The normalized spacial score (nSPS) is 19.7. The molecule has 0 radical (unpaired) electrons. The molecule has 2 amide bonds. The van der Waals surface area contributed by atoms with Gasteiger partial charge in [0.2, 0.25) is 0 Å². The first kappa shape index (κ1) is 14.5. The molecule has 7 nitrogen and oxygen atoms in total. The lowest BCUT2D eigenvalue weighted by molar-refractivity contribution is 0.142. The minimum Gasteiger partial charge on any atom is -0.390 e. The third-order valence-corrected chi connectivity index (χ3v) is 3.93. The van der Waals surface area contributed by atoms with Crippen molar-refractivity contribution in [1.82, 2.24) is 25.4 Å². The molecular weight excluding hydrogens is 282 g/mol. The largest absolute Gasteiger partial charge is 0.390 e. The number of hydrogen-bond donors (Lipinski definition) is 3. The van der Waals surface area contributed by atoms with Crippen LogP contribution in [0.5, 0.6) is 0 Å². The number of nitrogens with zero attached hydrogens (tertiary/aromatic N) is 3. The summed E-state index contributed by atoms with van der Waals surface area (Å²) < 4.78 is 1.86. The van der Waals surface area contributed by atoms with Crippen LogP contribution in [0.3, 0.4) is 0 Å². The van der Waals surface area contributed by atoms with E-state index in [1.807, 2.05) is 35.8 Å². The van der Waals surface area contributed by atoms with Gasteiger partial charge in [0.25, 0.3) is 0 Å². The number of aliphatic hydroxyl groups excluding tert-OH is 1. The highest BCUT2D eigenvalue weighted by molar-refractivity contribution is 5.74. The number of carbonyl (C=O) groups excluding carboxylic acids is 1. The average molecular weight is 301 g/mol. The fourth-order valence-electron chi connectivity index (χ4n) is 2.78. The fourth-order valence-corrected chi connectivity index (χ4v) is 2.78. The van der Waals surface area contributed by atoms with Gasteiger partial charge in [0.05, 0.1) is 18.7 Å². The third kappa shape index (κ3) is 2.80. The molecule has 116 valence electrons. The lowest BCUT2D eigenvalue weighted by Crippen LogP contribution is -2.41. The summed E-state index contributed by atoms with van der Waals surface area (Å²) in [6.45, 7) is 3.03. The molecule has 1 aliphatic rings. The Morgan fingerprint density at radius 2 is 2.27 bits per heavy atom. The van der Waals surface area contributed by atoms with Gasteiger partial charge in [-0.15, -0.1) is 10.2 Å². The van der Waals surface area contributed by atoms with Crippen molar-refractivity contribution in [3.63, 3.8) is 0 Å². The van der Waals surface area contributed by atoms with Gasteiger partial charge in [-0.1, -0.05) is 24.3 Å². The van der Waals surface area contributed by atoms with E-state index in [-0.39, 0.29) is 12.1 Å². The number of aliphatic hydroxyl groups is 1. The van der Waals surface area contributed by atoms with Crippen molar-refractivity contribution in [2.24, 2.45) is 0 Å². The molecule has 7 heteroatoms. The highest BCUT2D eigenvalue weighted by Crippen LogP contribution is 2.30. The standard InChI is InChI=1S/C15H19N5O2/c1-2-20-9-17-19-13(20)8-16-15(22)18-14-11-6-4-3-5-10(11)7-12(14)21/h3-6,9,12,14,21H,2,7-8H2,1H3,(H2,16,18,22)/t12-,14+/m1/s1. The second-order valence-electron chi connectivity index (χ2n) is 5.31. The zero-order chi connectivity index (χ0) is 15.5. The van der Waals surface area contributed by atoms with Crippen LogP contribution in [0.15, 0.2) is 30.6 Å². The Labute approximate surface area is 128 Å². The highest BCUT2D eigenvalue weighted by Gasteiger charge is 2.31. The number of urea groups is 1. The van der Waals surface area contributed by atoms with Gasteiger partial charge < -0.3 is 20.3 Å². The van der Waals surface area contributed by atoms with Crippen molar-refractivity contribution >= 4 is 6.03 Å². The first-order valence-electron chi connectivity index (χ1n) is 7.36. The Morgan fingerprint density at radius 1 is 1.45 bits per heavy atom. The molecule has 1 aromatic heterocycles. The molecule has 0 saturated carbocycles. The van der Waals surface area contributed by atoms with E-state index in [1.54, 1.807) is 6.33 Å². The van der Waals surface area contributed by atoms with Gasteiger partial charge in [0, 0.05) is 13.0 Å². The van der Waals surface area contributed by atoms with Crippen molar-refractivity contribution in [2.75, 3.05) is 0 Å². The zero-order valence-corrected chi connectivity index (χ0v) is 12.4. The minimum absolute atomic E-state index is 0.296. The predicted octanol–water partition coefficient (Wildman–Crippen LogP) is 0.755. The molecule has 0 bridgehead atoms. The number of fused-ring (bicyclic) bond motifs is 1. The van der Waals surface area contributed by atoms with E-state index in [2.05, 4.69) is 20.8 Å². The molecule has 1 aromatic carbocycles. The first-order chi connectivity index (χ1) is 10.7. The van der Waals surface area contributed by atoms with Gasteiger partial charge in [-0.05, 0) is 18.1 Å². The zero-order valence-electron chi connectivity index (χ0n) is 12.4. The molecule has 22 heavy (non-hydrogen) atoms. The van der Waals surface area contributed by atoms with Crippen LogP contribution in [-0.4, -0.2) is 32.0 Å². The van der Waals surface area contributed by atoms with Crippen molar-refractivity contribution in [2.45, 2.75) is 38.6 Å². The average Bonchev–Trinajstić information content (AvgIpc) is 3.10. The predicted molar refractivity (Wildman–Crippen MR) is 80.0 cm³/mol. The summed E-state index contributed by atoms with van der Waals surface area (Å²) in [4.78, 5) is 12.1. The van der Waals surface area contributed by atoms with Crippen LogP contribution in [0, 0.1) is 0 Å². The Hall–Kier alpha value is -2.41. The van der Waals surface area contributed by atoms with Gasteiger partial charge in [-0.25, -0.2) is 4.79 Å². The number of carbonyl (C=O) groups is 1. The summed E-state index contributed by atoms with van der Waals surface area (Å²) >= 11 is 0. The van der Waals surface area contributed by atoms with Crippen LogP contribution < -0.4 is 10.6 Å². The number of benzene rings is 1. The van der Waals surface area contributed by atoms with Crippen molar-refractivity contribution < 1.29 is 9.90 Å². The van der Waals surface area contributed by atoms with Crippen LogP contribution in [0.2, 0.25) is 0 Å². The molecule has 0 fully saturated rings. The molecule has 2 atom stereocenters. The van der Waals surface area contributed by atoms with Gasteiger partial charge >= 0.3 is 6.03 Å². The van der Waals surface area contributed by atoms with Crippen LogP contribution in [-0.2, 0) is 19.5 Å². The topological polar surface area (TPSA) is 92.1 Å². The number of aryl methyl sites for hydroxylation is 1. The summed E-state index contributed by atoms with van der Waals surface area (Å²) in [5.74, 6) is 0.699. The van der Waals surface area contributed by atoms with Gasteiger partial charge in [0.1, 0.15) is 6.33 Å². The molecule has 0 saturated heterocycles. The van der Waals surface area contributed by atoms with E-state index in [9.17, 15) is 9.90 Å². The third-order valence-electron chi connectivity index (χ3n) is 3.93. The van der Waals surface area contributed by atoms with Crippen LogP contribution in [0.1, 0.15) is 29.9 Å². The molecule has 0 aliphatic heterocycles. The Balaban J connectivity index is 1.60. The number of amides is 2. The van der Waals surface area contributed by atoms with E-state index < -0.39 is 6.10 Å². The Kier molecular flexibility index (Phi) is 4.06. The first-order valence-corrected chi connectivity index (χ1v) is 7.36. The molecule has 3 rings (SSSR count). The monoisotopic (exact) mass is 301 g/mol. The number of rotatable bonds is 4. The van der Waals surface area contributed by atoms with Crippen LogP contribution >= 0.6 is 0 Å². The summed E-state index contributed by atoms with van der Waals surface area (Å²) in [5.41, 5.74) is 2.05. The van der Waals surface area contributed by atoms with Gasteiger partial charge in [-0.3, -0.25) is 0 Å². The lowest BCUT2D eigenvalue weighted by atomic mass is 10.1. The maximum atomic E-state index is 12.1. The second kappa shape index (κ2) is 6.15.